The van der Waals surface area contributed by atoms with Crippen LogP contribution in [0.15, 0.2) is 18.2 Å². The van der Waals surface area contributed by atoms with Crippen molar-refractivity contribution in [1.29, 1.82) is 0 Å². The minimum absolute atomic E-state index is 0.122. The molecule has 0 N–H and O–H groups in total. The monoisotopic (exact) mass is 263 g/mol. The topological polar surface area (TPSA) is 29.5 Å². The lowest BCUT2D eigenvalue weighted by molar-refractivity contribution is -0.140. The molecule has 0 saturated heterocycles. The van der Waals surface area contributed by atoms with Gasteiger partial charge in [-0.1, -0.05) is 23.8 Å². The molecular weight excluding hydrogens is 238 g/mol. The molecule has 0 fully saturated rings. The zero-order chi connectivity index (χ0) is 14.3. The molecule has 3 heteroatoms. The number of hydrogen-bond acceptors (Lipinski definition) is 3. The van der Waals surface area contributed by atoms with E-state index in [2.05, 4.69) is 48.7 Å². The average molecular weight is 263 g/mol. The fourth-order valence-electron chi connectivity index (χ4n) is 2.09. The van der Waals surface area contributed by atoms with Crippen LogP contribution in [-0.4, -0.2) is 38.1 Å². The fraction of sp³-hybridized carbons (Fsp3) is 0.562. The van der Waals surface area contributed by atoms with Crippen molar-refractivity contribution < 1.29 is 9.53 Å². The van der Waals surface area contributed by atoms with Crippen molar-refractivity contribution in [2.24, 2.45) is 0 Å². The van der Waals surface area contributed by atoms with Gasteiger partial charge in [-0.15, -0.1) is 0 Å². The van der Waals surface area contributed by atoms with Crippen LogP contribution in [0.5, 0.6) is 0 Å². The molecule has 0 aliphatic heterocycles. The van der Waals surface area contributed by atoms with Crippen LogP contribution in [0.2, 0.25) is 0 Å². The quantitative estimate of drug-likeness (QED) is 0.708. The van der Waals surface area contributed by atoms with Crippen molar-refractivity contribution >= 4 is 5.97 Å². The SMILES string of the molecule is COC(=O)CCCN(C)CCc1cc(C)ccc1C. The molecule has 0 heterocycles. The van der Waals surface area contributed by atoms with Crippen molar-refractivity contribution in [2.45, 2.75) is 33.1 Å². The molecule has 1 aromatic carbocycles. The first-order valence-electron chi connectivity index (χ1n) is 6.84. The number of ether oxygens (including phenoxy) is 1. The molecule has 0 amide bonds. The molecule has 0 aromatic heterocycles. The maximum Gasteiger partial charge on any atom is 0.305 e. The lowest BCUT2D eigenvalue weighted by Gasteiger charge is -2.17. The summed E-state index contributed by atoms with van der Waals surface area (Å²) >= 11 is 0. The second-order valence-corrected chi connectivity index (χ2v) is 5.16. The van der Waals surface area contributed by atoms with E-state index < -0.39 is 0 Å². The Bertz CT molecular complexity index is 415. The Morgan fingerprint density at radius 1 is 1.26 bits per heavy atom. The third-order valence-corrected chi connectivity index (χ3v) is 3.42. The van der Waals surface area contributed by atoms with Crippen molar-refractivity contribution in [2.75, 3.05) is 27.2 Å². The van der Waals surface area contributed by atoms with Gasteiger partial charge < -0.3 is 9.64 Å². The Balaban J connectivity index is 2.31. The van der Waals surface area contributed by atoms with Gasteiger partial charge in [0, 0.05) is 13.0 Å². The van der Waals surface area contributed by atoms with E-state index in [-0.39, 0.29) is 5.97 Å². The lowest BCUT2D eigenvalue weighted by atomic mass is 10.0. The Morgan fingerprint density at radius 2 is 2.00 bits per heavy atom. The van der Waals surface area contributed by atoms with E-state index in [4.69, 9.17) is 0 Å². The van der Waals surface area contributed by atoms with E-state index >= 15 is 0 Å². The summed E-state index contributed by atoms with van der Waals surface area (Å²) in [5.74, 6) is -0.122. The molecule has 0 saturated carbocycles. The van der Waals surface area contributed by atoms with Gasteiger partial charge in [-0.2, -0.15) is 0 Å². The number of carbonyl (C=O) groups is 1. The van der Waals surface area contributed by atoms with E-state index in [1.54, 1.807) is 0 Å². The summed E-state index contributed by atoms with van der Waals surface area (Å²) in [7, 11) is 3.54. The van der Waals surface area contributed by atoms with Gasteiger partial charge in [0.2, 0.25) is 0 Å². The van der Waals surface area contributed by atoms with E-state index in [1.165, 1.54) is 23.8 Å². The summed E-state index contributed by atoms with van der Waals surface area (Å²) in [5, 5.41) is 0. The van der Waals surface area contributed by atoms with Crippen molar-refractivity contribution in [3.05, 3.63) is 34.9 Å². The first kappa shape index (κ1) is 15.7. The van der Waals surface area contributed by atoms with Gasteiger partial charge in [-0.3, -0.25) is 4.79 Å². The van der Waals surface area contributed by atoms with Gasteiger partial charge in [-0.05, 0) is 51.4 Å². The Hall–Kier alpha value is -1.35. The standard InChI is InChI=1S/C16H25NO2/c1-13-7-8-14(2)15(12-13)9-11-17(3)10-5-6-16(18)19-4/h7-8,12H,5-6,9-11H2,1-4H3. The molecule has 3 nitrogen and oxygen atoms in total. The highest BCUT2D eigenvalue weighted by Crippen LogP contribution is 2.11. The van der Waals surface area contributed by atoms with Crippen molar-refractivity contribution in [3.63, 3.8) is 0 Å². The van der Waals surface area contributed by atoms with Crippen LogP contribution in [0.3, 0.4) is 0 Å². The summed E-state index contributed by atoms with van der Waals surface area (Å²) in [4.78, 5) is 13.3. The minimum atomic E-state index is -0.122. The Morgan fingerprint density at radius 3 is 2.68 bits per heavy atom. The molecule has 0 spiro atoms. The maximum atomic E-state index is 11.0. The fourth-order valence-corrected chi connectivity index (χ4v) is 2.09. The summed E-state index contributed by atoms with van der Waals surface area (Å²) in [6.07, 6.45) is 2.42. The van der Waals surface area contributed by atoms with E-state index in [1.807, 2.05) is 0 Å². The number of hydrogen-bond donors (Lipinski definition) is 0. The normalized spacial score (nSPS) is 10.8. The van der Waals surface area contributed by atoms with E-state index in [0.29, 0.717) is 6.42 Å². The van der Waals surface area contributed by atoms with Crippen molar-refractivity contribution in [3.8, 4) is 0 Å². The van der Waals surface area contributed by atoms with Crippen LogP contribution in [0.1, 0.15) is 29.5 Å². The second-order valence-electron chi connectivity index (χ2n) is 5.16. The smallest absolute Gasteiger partial charge is 0.305 e. The van der Waals surface area contributed by atoms with Gasteiger partial charge in [0.05, 0.1) is 7.11 Å². The highest BCUT2D eigenvalue weighted by atomic mass is 16.5. The van der Waals surface area contributed by atoms with Crippen LogP contribution < -0.4 is 0 Å². The zero-order valence-corrected chi connectivity index (χ0v) is 12.5. The number of likely N-dealkylation sites (N-methyl/N-ethyl adjacent to an activating group) is 1. The zero-order valence-electron chi connectivity index (χ0n) is 12.5. The summed E-state index contributed by atoms with van der Waals surface area (Å²) in [5.41, 5.74) is 4.09. The lowest BCUT2D eigenvalue weighted by Crippen LogP contribution is -2.23. The summed E-state index contributed by atoms with van der Waals surface area (Å²) in [6, 6.07) is 6.60. The Kier molecular flexibility index (Phi) is 6.57. The van der Waals surface area contributed by atoms with Crippen LogP contribution in [0.25, 0.3) is 0 Å². The molecule has 1 aromatic rings. The van der Waals surface area contributed by atoms with Gasteiger partial charge in [0.1, 0.15) is 0 Å². The predicted molar refractivity (Wildman–Crippen MR) is 78.4 cm³/mol. The number of rotatable bonds is 7. The molecule has 0 bridgehead atoms. The largest absolute Gasteiger partial charge is 0.469 e. The van der Waals surface area contributed by atoms with Crippen LogP contribution in [0.4, 0.5) is 0 Å². The van der Waals surface area contributed by atoms with Gasteiger partial charge >= 0.3 is 5.97 Å². The maximum absolute atomic E-state index is 11.0. The van der Waals surface area contributed by atoms with E-state index in [9.17, 15) is 4.79 Å². The molecule has 0 atom stereocenters. The number of esters is 1. The summed E-state index contributed by atoms with van der Waals surface area (Å²) < 4.78 is 4.63. The molecule has 0 unspecified atom stereocenters. The summed E-state index contributed by atoms with van der Waals surface area (Å²) in [6.45, 7) is 6.24. The number of nitrogens with zero attached hydrogens (tertiary/aromatic N) is 1. The van der Waals surface area contributed by atoms with Gasteiger partial charge in [0.15, 0.2) is 0 Å². The molecular formula is C16H25NO2. The molecule has 19 heavy (non-hydrogen) atoms. The van der Waals surface area contributed by atoms with Crippen LogP contribution >= 0.6 is 0 Å². The molecule has 0 aliphatic rings. The number of carbonyl (C=O) groups excluding carboxylic acids is 1. The van der Waals surface area contributed by atoms with Crippen molar-refractivity contribution in [1.82, 2.24) is 4.90 Å². The minimum Gasteiger partial charge on any atom is -0.469 e. The molecule has 1 rings (SSSR count). The highest BCUT2D eigenvalue weighted by molar-refractivity contribution is 5.69. The number of aryl methyl sites for hydroxylation is 2. The number of benzene rings is 1. The third-order valence-electron chi connectivity index (χ3n) is 3.42. The number of methoxy groups -OCH3 is 1. The van der Waals surface area contributed by atoms with Gasteiger partial charge in [0.25, 0.3) is 0 Å². The molecule has 0 radical (unpaired) electrons. The van der Waals surface area contributed by atoms with E-state index in [0.717, 1.165) is 25.9 Å². The van der Waals surface area contributed by atoms with Crippen LogP contribution in [0, 0.1) is 13.8 Å². The first-order chi connectivity index (χ1) is 9.02. The second kappa shape index (κ2) is 7.95. The highest BCUT2D eigenvalue weighted by Gasteiger charge is 2.04. The average Bonchev–Trinajstić information content (AvgIpc) is 2.39. The Labute approximate surface area is 116 Å². The predicted octanol–water partition coefficient (Wildman–Crippen LogP) is 2.73. The molecule has 0 aliphatic carbocycles. The first-order valence-corrected chi connectivity index (χ1v) is 6.84. The third kappa shape index (κ3) is 5.88. The van der Waals surface area contributed by atoms with Crippen LogP contribution in [-0.2, 0) is 16.0 Å². The molecule has 106 valence electrons. The van der Waals surface area contributed by atoms with Gasteiger partial charge in [-0.25, -0.2) is 0 Å².